The van der Waals surface area contributed by atoms with Crippen molar-refractivity contribution in [2.75, 3.05) is 31.1 Å². The van der Waals surface area contributed by atoms with Crippen LogP contribution in [0.1, 0.15) is 17.2 Å². The molecule has 0 N–H and O–H groups in total. The molecule has 3 aromatic carbocycles. The van der Waals surface area contributed by atoms with Gasteiger partial charge in [0.15, 0.2) is 0 Å². The van der Waals surface area contributed by atoms with Crippen LogP contribution in [-0.4, -0.2) is 41.0 Å². The summed E-state index contributed by atoms with van der Waals surface area (Å²) in [5.41, 5.74) is 3.76. The van der Waals surface area contributed by atoms with Gasteiger partial charge in [0, 0.05) is 26.2 Å². The third kappa shape index (κ3) is 4.11. The summed E-state index contributed by atoms with van der Waals surface area (Å²) < 4.78 is 27.0. The fourth-order valence-corrected chi connectivity index (χ4v) is 4.21. The Balaban J connectivity index is 1.38. The molecule has 1 fully saturated rings. The highest BCUT2D eigenvalue weighted by Crippen LogP contribution is 2.30. The maximum absolute atomic E-state index is 13.5. The summed E-state index contributed by atoms with van der Waals surface area (Å²) in [5, 5.41) is 0. The Morgan fingerprint density at radius 1 is 0.677 bits per heavy atom. The Bertz CT molecular complexity index is 1120. The number of anilines is 1. The van der Waals surface area contributed by atoms with E-state index in [4.69, 9.17) is 4.98 Å². The van der Waals surface area contributed by atoms with Crippen molar-refractivity contribution in [3.63, 3.8) is 0 Å². The molecular formula is C25H22F2N4. The minimum Gasteiger partial charge on any atom is -0.353 e. The first-order chi connectivity index (χ1) is 15.2. The van der Waals surface area contributed by atoms with Gasteiger partial charge in [0.25, 0.3) is 0 Å². The number of halogens is 2. The van der Waals surface area contributed by atoms with E-state index in [1.54, 1.807) is 0 Å². The van der Waals surface area contributed by atoms with Crippen LogP contribution in [0.4, 0.5) is 14.6 Å². The Morgan fingerprint density at radius 3 is 1.81 bits per heavy atom. The van der Waals surface area contributed by atoms with E-state index in [2.05, 4.69) is 14.8 Å². The molecule has 1 saturated heterocycles. The van der Waals surface area contributed by atoms with Crippen LogP contribution in [0.3, 0.4) is 0 Å². The van der Waals surface area contributed by atoms with Crippen molar-refractivity contribution < 1.29 is 8.78 Å². The molecule has 0 bridgehead atoms. The fourth-order valence-electron chi connectivity index (χ4n) is 4.21. The average Bonchev–Trinajstić information content (AvgIpc) is 2.82. The van der Waals surface area contributed by atoms with Gasteiger partial charge < -0.3 is 4.90 Å². The van der Waals surface area contributed by atoms with Crippen molar-refractivity contribution in [2.45, 2.75) is 6.04 Å². The number of rotatable bonds is 4. The molecule has 1 aliphatic heterocycles. The van der Waals surface area contributed by atoms with E-state index in [1.165, 1.54) is 24.3 Å². The summed E-state index contributed by atoms with van der Waals surface area (Å²) in [4.78, 5) is 13.9. The smallest absolute Gasteiger partial charge is 0.147 e. The van der Waals surface area contributed by atoms with Gasteiger partial charge in [-0.2, -0.15) is 0 Å². The van der Waals surface area contributed by atoms with Gasteiger partial charge in [-0.25, -0.2) is 13.8 Å². The predicted octanol–water partition coefficient (Wildman–Crippen LogP) is 4.82. The van der Waals surface area contributed by atoms with Crippen LogP contribution >= 0.6 is 0 Å². The van der Waals surface area contributed by atoms with Crippen molar-refractivity contribution >= 4 is 16.9 Å². The highest BCUT2D eigenvalue weighted by Gasteiger charge is 2.27. The topological polar surface area (TPSA) is 32.3 Å². The lowest BCUT2D eigenvalue weighted by Gasteiger charge is -2.40. The summed E-state index contributed by atoms with van der Waals surface area (Å²) >= 11 is 0. The second-order valence-electron chi connectivity index (χ2n) is 7.75. The standard InChI is InChI=1S/C25H22F2N4/c26-20-9-5-18(6-10-20)25(19-7-11-21(27)12-8-19)31-15-13-30(14-16-31)24-17-28-22-3-1-2-4-23(22)29-24/h1-12,17,25H,13-16H2. The third-order valence-electron chi connectivity index (χ3n) is 5.81. The molecule has 0 saturated carbocycles. The first-order valence-corrected chi connectivity index (χ1v) is 10.4. The van der Waals surface area contributed by atoms with Crippen LogP contribution in [-0.2, 0) is 0 Å². The van der Waals surface area contributed by atoms with Gasteiger partial charge in [0.1, 0.15) is 17.5 Å². The zero-order chi connectivity index (χ0) is 21.2. The van der Waals surface area contributed by atoms with Crippen molar-refractivity contribution in [1.29, 1.82) is 0 Å². The average molecular weight is 416 g/mol. The summed E-state index contributed by atoms with van der Waals surface area (Å²) in [7, 11) is 0. The molecule has 0 radical (unpaired) electrons. The number of fused-ring (bicyclic) bond motifs is 1. The molecule has 0 atom stereocenters. The lowest BCUT2D eigenvalue weighted by Crippen LogP contribution is -2.48. The highest BCUT2D eigenvalue weighted by molar-refractivity contribution is 5.75. The molecule has 5 rings (SSSR count). The molecule has 0 aliphatic carbocycles. The first kappa shape index (κ1) is 19.6. The quantitative estimate of drug-likeness (QED) is 0.478. The van der Waals surface area contributed by atoms with Crippen LogP contribution < -0.4 is 4.90 Å². The number of para-hydroxylation sites is 2. The zero-order valence-electron chi connectivity index (χ0n) is 17.0. The highest BCUT2D eigenvalue weighted by atomic mass is 19.1. The van der Waals surface area contributed by atoms with E-state index < -0.39 is 0 Å². The number of benzene rings is 3. The van der Waals surface area contributed by atoms with Crippen LogP contribution in [0.25, 0.3) is 11.0 Å². The first-order valence-electron chi connectivity index (χ1n) is 10.4. The van der Waals surface area contributed by atoms with Gasteiger partial charge in [-0.1, -0.05) is 36.4 Å². The van der Waals surface area contributed by atoms with Crippen LogP contribution in [0, 0.1) is 11.6 Å². The Hall–Kier alpha value is -3.38. The number of aromatic nitrogens is 2. The fraction of sp³-hybridized carbons (Fsp3) is 0.200. The SMILES string of the molecule is Fc1ccc(C(c2ccc(F)cc2)N2CCN(c3cnc4ccccc4n3)CC2)cc1. The van der Waals surface area contributed by atoms with Crippen molar-refractivity contribution in [1.82, 2.24) is 14.9 Å². The molecule has 31 heavy (non-hydrogen) atoms. The van der Waals surface area contributed by atoms with Crippen LogP contribution in [0.5, 0.6) is 0 Å². The predicted molar refractivity (Wildman–Crippen MR) is 118 cm³/mol. The molecule has 0 unspecified atom stereocenters. The van der Waals surface area contributed by atoms with Gasteiger partial charge in [0.2, 0.25) is 0 Å². The molecule has 4 nitrogen and oxygen atoms in total. The van der Waals surface area contributed by atoms with Gasteiger partial charge >= 0.3 is 0 Å². The van der Waals surface area contributed by atoms with E-state index in [-0.39, 0.29) is 17.7 Å². The van der Waals surface area contributed by atoms with Gasteiger partial charge in [-0.3, -0.25) is 9.88 Å². The molecule has 4 aromatic rings. The molecule has 6 heteroatoms. The van der Waals surface area contributed by atoms with E-state index in [1.807, 2.05) is 54.7 Å². The maximum Gasteiger partial charge on any atom is 0.147 e. The molecule has 156 valence electrons. The van der Waals surface area contributed by atoms with Gasteiger partial charge in [0.05, 0.1) is 23.3 Å². The molecule has 0 amide bonds. The lowest BCUT2D eigenvalue weighted by atomic mass is 9.96. The van der Waals surface area contributed by atoms with E-state index >= 15 is 0 Å². The summed E-state index contributed by atoms with van der Waals surface area (Å²) in [6.07, 6.45) is 1.83. The van der Waals surface area contributed by atoms with E-state index in [0.29, 0.717) is 0 Å². The monoisotopic (exact) mass is 416 g/mol. The number of nitrogens with zero attached hydrogens (tertiary/aromatic N) is 4. The number of hydrogen-bond donors (Lipinski definition) is 0. The minimum absolute atomic E-state index is 0.0639. The lowest BCUT2D eigenvalue weighted by molar-refractivity contribution is 0.212. The van der Waals surface area contributed by atoms with Gasteiger partial charge in [-0.05, 0) is 47.5 Å². The Morgan fingerprint density at radius 2 is 1.23 bits per heavy atom. The van der Waals surface area contributed by atoms with Crippen molar-refractivity contribution in [3.05, 3.63) is 102 Å². The number of piperazine rings is 1. The van der Waals surface area contributed by atoms with Crippen molar-refractivity contribution in [2.24, 2.45) is 0 Å². The second kappa shape index (κ2) is 8.40. The minimum atomic E-state index is -0.263. The van der Waals surface area contributed by atoms with Crippen LogP contribution in [0.15, 0.2) is 79.0 Å². The largest absolute Gasteiger partial charge is 0.353 e. The molecule has 1 aliphatic rings. The Kier molecular flexibility index (Phi) is 5.30. The summed E-state index contributed by atoms with van der Waals surface area (Å²) in [5.74, 6) is 0.348. The summed E-state index contributed by atoms with van der Waals surface area (Å²) in [6.45, 7) is 3.19. The van der Waals surface area contributed by atoms with E-state index in [9.17, 15) is 8.78 Å². The summed E-state index contributed by atoms with van der Waals surface area (Å²) in [6, 6.07) is 20.9. The second-order valence-corrected chi connectivity index (χ2v) is 7.75. The normalized spacial score (nSPS) is 15.0. The molecule has 1 aromatic heterocycles. The molecule has 2 heterocycles. The van der Waals surface area contributed by atoms with E-state index in [0.717, 1.165) is 54.2 Å². The Labute approximate surface area is 179 Å². The molecular weight excluding hydrogens is 394 g/mol. The number of hydrogen-bond acceptors (Lipinski definition) is 4. The van der Waals surface area contributed by atoms with Crippen molar-refractivity contribution in [3.8, 4) is 0 Å². The van der Waals surface area contributed by atoms with Gasteiger partial charge in [-0.15, -0.1) is 0 Å². The maximum atomic E-state index is 13.5. The van der Waals surface area contributed by atoms with Crippen LogP contribution in [0.2, 0.25) is 0 Å². The molecule has 0 spiro atoms. The zero-order valence-corrected chi connectivity index (χ0v) is 17.0. The third-order valence-corrected chi connectivity index (χ3v) is 5.81.